The molecule has 1 atom stereocenters. The van der Waals surface area contributed by atoms with E-state index in [4.69, 9.17) is 14.2 Å². The van der Waals surface area contributed by atoms with Crippen molar-refractivity contribution in [2.75, 3.05) is 38.3 Å². The first-order valence-electron chi connectivity index (χ1n) is 7.04. The number of nitro groups is 1. The predicted molar refractivity (Wildman–Crippen MR) is 77.9 cm³/mol. The summed E-state index contributed by atoms with van der Waals surface area (Å²) in [4.78, 5) is 10.5. The fourth-order valence-electron chi connectivity index (χ4n) is 1.98. The molecule has 0 radical (unpaired) electrons. The normalized spacial score (nSPS) is 18.2. The van der Waals surface area contributed by atoms with Gasteiger partial charge in [0.15, 0.2) is 0 Å². The second-order valence-corrected chi connectivity index (χ2v) is 4.77. The van der Waals surface area contributed by atoms with Crippen molar-refractivity contribution in [2.45, 2.75) is 19.4 Å². The van der Waals surface area contributed by atoms with Crippen LogP contribution in [0.5, 0.6) is 5.75 Å². The third-order valence-corrected chi connectivity index (χ3v) is 2.99. The molecule has 1 saturated heterocycles. The molecule has 1 aliphatic rings. The summed E-state index contributed by atoms with van der Waals surface area (Å²) in [5.74, 6) is 0.495. The van der Waals surface area contributed by atoms with Crippen LogP contribution < -0.4 is 10.1 Å². The third kappa shape index (κ3) is 4.87. The molecule has 1 unspecified atom stereocenters. The highest BCUT2D eigenvalue weighted by Crippen LogP contribution is 2.26. The van der Waals surface area contributed by atoms with Crippen molar-refractivity contribution in [1.29, 1.82) is 0 Å². The van der Waals surface area contributed by atoms with E-state index >= 15 is 0 Å². The molecule has 1 aromatic rings. The minimum atomic E-state index is -0.426. The highest BCUT2D eigenvalue weighted by atomic mass is 16.6. The number of benzene rings is 1. The number of rotatable bonds is 7. The first-order valence-corrected chi connectivity index (χ1v) is 7.04. The van der Waals surface area contributed by atoms with Gasteiger partial charge in [-0.25, -0.2) is 0 Å². The van der Waals surface area contributed by atoms with E-state index in [0.717, 1.165) is 6.42 Å². The van der Waals surface area contributed by atoms with E-state index in [0.29, 0.717) is 44.4 Å². The topological polar surface area (TPSA) is 82.9 Å². The summed E-state index contributed by atoms with van der Waals surface area (Å²) in [6.07, 6.45) is 0.802. The maximum atomic E-state index is 11.0. The summed E-state index contributed by atoms with van der Waals surface area (Å²) in [6, 6.07) is 4.68. The molecule has 1 fully saturated rings. The zero-order valence-corrected chi connectivity index (χ0v) is 12.0. The minimum Gasteiger partial charge on any atom is -0.493 e. The van der Waals surface area contributed by atoms with E-state index in [1.807, 2.05) is 6.92 Å². The molecule has 0 bridgehead atoms. The van der Waals surface area contributed by atoms with Gasteiger partial charge in [-0.1, -0.05) is 6.92 Å². The van der Waals surface area contributed by atoms with Gasteiger partial charge in [-0.05, 0) is 6.42 Å². The lowest BCUT2D eigenvalue weighted by Crippen LogP contribution is -2.34. The molecule has 7 heteroatoms. The van der Waals surface area contributed by atoms with Crippen molar-refractivity contribution in [1.82, 2.24) is 0 Å². The zero-order chi connectivity index (χ0) is 15.1. The quantitative estimate of drug-likeness (QED) is 0.613. The molecule has 2 rings (SSSR count). The molecule has 0 amide bonds. The molecule has 21 heavy (non-hydrogen) atoms. The van der Waals surface area contributed by atoms with Crippen molar-refractivity contribution in [2.24, 2.45) is 0 Å². The van der Waals surface area contributed by atoms with E-state index < -0.39 is 4.92 Å². The van der Waals surface area contributed by atoms with E-state index in [9.17, 15) is 10.1 Å². The number of nitrogens with zero attached hydrogens (tertiary/aromatic N) is 1. The number of nitrogens with one attached hydrogen (secondary N) is 1. The monoisotopic (exact) mass is 296 g/mol. The Morgan fingerprint density at radius 3 is 2.95 bits per heavy atom. The van der Waals surface area contributed by atoms with Crippen molar-refractivity contribution in [3.8, 4) is 5.75 Å². The molecule has 0 saturated carbocycles. The van der Waals surface area contributed by atoms with Crippen LogP contribution in [0.25, 0.3) is 0 Å². The van der Waals surface area contributed by atoms with Crippen LogP contribution in [0.2, 0.25) is 0 Å². The van der Waals surface area contributed by atoms with Gasteiger partial charge in [-0.15, -0.1) is 0 Å². The maximum Gasteiger partial charge on any atom is 0.275 e. The van der Waals surface area contributed by atoms with Gasteiger partial charge in [0.05, 0.1) is 43.5 Å². The van der Waals surface area contributed by atoms with Crippen molar-refractivity contribution < 1.29 is 19.1 Å². The maximum absolute atomic E-state index is 11.0. The standard InChI is InChI=1S/C14H20N2O5/c1-2-3-20-13-7-11(6-12(8-13)16(17)18)15-9-14-10-19-4-5-21-14/h6-8,14-15H,2-5,9-10H2,1H3. The number of anilines is 1. The van der Waals surface area contributed by atoms with E-state index in [1.54, 1.807) is 6.07 Å². The summed E-state index contributed by atoms with van der Waals surface area (Å²) in [5, 5.41) is 14.1. The summed E-state index contributed by atoms with van der Waals surface area (Å²) in [7, 11) is 0. The van der Waals surface area contributed by atoms with Crippen molar-refractivity contribution in [3.63, 3.8) is 0 Å². The van der Waals surface area contributed by atoms with Crippen LogP contribution in [0.4, 0.5) is 11.4 Å². The Bertz CT molecular complexity index is 474. The number of nitro benzene ring substituents is 1. The van der Waals surface area contributed by atoms with Crippen LogP contribution in [0.1, 0.15) is 13.3 Å². The van der Waals surface area contributed by atoms with E-state index in [2.05, 4.69) is 5.32 Å². The summed E-state index contributed by atoms with van der Waals surface area (Å²) in [5.41, 5.74) is 0.649. The van der Waals surface area contributed by atoms with E-state index in [-0.39, 0.29) is 11.8 Å². The first kappa shape index (κ1) is 15.5. The molecule has 1 N–H and O–H groups in total. The number of hydrogen-bond donors (Lipinski definition) is 1. The molecule has 1 aromatic carbocycles. The van der Waals surface area contributed by atoms with Gasteiger partial charge in [0.1, 0.15) is 5.75 Å². The molecule has 0 aromatic heterocycles. The van der Waals surface area contributed by atoms with Crippen LogP contribution in [-0.2, 0) is 9.47 Å². The molecular formula is C14H20N2O5. The lowest BCUT2D eigenvalue weighted by atomic mass is 10.2. The molecule has 1 heterocycles. The second-order valence-electron chi connectivity index (χ2n) is 4.77. The predicted octanol–water partition coefficient (Wildman–Crippen LogP) is 2.21. The van der Waals surface area contributed by atoms with Crippen LogP contribution in [0.15, 0.2) is 18.2 Å². The van der Waals surface area contributed by atoms with Crippen LogP contribution in [0, 0.1) is 10.1 Å². The van der Waals surface area contributed by atoms with Gasteiger partial charge < -0.3 is 19.5 Å². The fraction of sp³-hybridized carbons (Fsp3) is 0.571. The third-order valence-electron chi connectivity index (χ3n) is 2.99. The largest absolute Gasteiger partial charge is 0.493 e. The SMILES string of the molecule is CCCOc1cc(NCC2COCCO2)cc([N+](=O)[O-])c1. The fourth-order valence-corrected chi connectivity index (χ4v) is 1.98. The Hall–Kier alpha value is -1.86. The Balaban J connectivity index is 2.02. The van der Waals surface area contributed by atoms with Gasteiger partial charge in [0.2, 0.25) is 0 Å². The van der Waals surface area contributed by atoms with Crippen LogP contribution >= 0.6 is 0 Å². The first-order chi connectivity index (χ1) is 10.2. The van der Waals surface area contributed by atoms with Crippen molar-refractivity contribution >= 4 is 11.4 Å². The lowest BCUT2D eigenvalue weighted by Gasteiger charge is -2.23. The highest BCUT2D eigenvalue weighted by molar-refractivity contribution is 5.56. The summed E-state index contributed by atoms with van der Waals surface area (Å²) in [6.45, 7) is 4.76. The van der Waals surface area contributed by atoms with Gasteiger partial charge in [-0.2, -0.15) is 0 Å². The average Bonchev–Trinajstić information content (AvgIpc) is 2.51. The molecular weight excluding hydrogens is 276 g/mol. The number of hydrogen-bond acceptors (Lipinski definition) is 6. The summed E-state index contributed by atoms with van der Waals surface area (Å²) < 4.78 is 16.3. The highest BCUT2D eigenvalue weighted by Gasteiger charge is 2.15. The van der Waals surface area contributed by atoms with Crippen LogP contribution in [-0.4, -0.2) is 44.0 Å². The smallest absolute Gasteiger partial charge is 0.275 e. The van der Waals surface area contributed by atoms with Gasteiger partial charge >= 0.3 is 0 Å². The Morgan fingerprint density at radius 2 is 2.29 bits per heavy atom. The molecule has 7 nitrogen and oxygen atoms in total. The number of non-ortho nitro benzene ring substituents is 1. The van der Waals surface area contributed by atoms with Gasteiger partial charge in [0, 0.05) is 24.4 Å². The Morgan fingerprint density at radius 1 is 1.43 bits per heavy atom. The summed E-state index contributed by atoms with van der Waals surface area (Å²) >= 11 is 0. The van der Waals surface area contributed by atoms with Gasteiger partial charge in [-0.3, -0.25) is 10.1 Å². The zero-order valence-electron chi connectivity index (χ0n) is 12.0. The van der Waals surface area contributed by atoms with E-state index in [1.165, 1.54) is 12.1 Å². The second kappa shape index (κ2) is 7.80. The Kier molecular flexibility index (Phi) is 5.77. The number of ether oxygens (including phenoxy) is 3. The molecule has 116 valence electrons. The van der Waals surface area contributed by atoms with Gasteiger partial charge in [0.25, 0.3) is 5.69 Å². The molecule has 0 spiro atoms. The Labute approximate surface area is 123 Å². The lowest BCUT2D eigenvalue weighted by molar-refractivity contribution is -0.384. The van der Waals surface area contributed by atoms with Crippen LogP contribution in [0.3, 0.4) is 0 Å². The molecule has 0 aliphatic carbocycles. The molecule has 1 aliphatic heterocycles. The minimum absolute atomic E-state index is 0.00640. The van der Waals surface area contributed by atoms with Crippen molar-refractivity contribution in [3.05, 3.63) is 28.3 Å². The average molecular weight is 296 g/mol.